The molecule has 3 aromatic rings. The number of carbonyl (C=O) groups is 1. The summed E-state index contributed by atoms with van der Waals surface area (Å²) in [6, 6.07) is 15.1. The molecule has 2 aromatic carbocycles. The van der Waals surface area contributed by atoms with Gasteiger partial charge in [-0.2, -0.15) is 5.10 Å². The van der Waals surface area contributed by atoms with Gasteiger partial charge in [0.25, 0.3) is 5.91 Å². The third-order valence-corrected chi connectivity index (χ3v) is 5.30. The number of rotatable bonds is 6. The second kappa shape index (κ2) is 9.09. The van der Waals surface area contributed by atoms with E-state index in [9.17, 15) is 4.79 Å². The minimum Gasteiger partial charge on any atom is -0.497 e. The standard InChI is InChI=1S/C23H26N4O4/c1-26-21(15-20(25-26)19-14-18(29-2)8-9-22(19)30-3)23(28)24-16-4-6-17(7-5-16)27-10-12-31-13-11-27/h4-9,14-15H,10-13H2,1-3H3,(H,24,28). The first kappa shape index (κ1) is 20.7. The quantitative estimate of drug-likeness (QED) is 0.657. The van der Waals surface area contributed by atoms with Gasteiger partial charge >= 0.3 is 0 Å². The van der Waals surface area contributed by atoms with Crippen molar-refractivity contribution in [2.75, 3.05) is 50.7 Å². The van der Waals surface area contributed by atoms with Gasteiger partial charge in [0.05, 0.1) is 33.1 Å². The predicted molar refractivity (Wildman–Crippen MR) is 119 cm³/mol. The van der Waals surface area contributed by atoms with E-state index in [2.05, 4.69) is 15.3 Å². The summed E-state index contributed by atoms with van der Waals surface area (Å²) in [6.45, 7) is 3.22. The van der Waals surface area contributed by atoms with Crippen LogP contribution in [-0.2, 0) is 11.8 Å². The van der Waals surface area contributed by atoms with Crippen molar-refractivity contribution in [3.8, 4) is 22.8 Å². The summed E-state index contributed by atoms with van der Waals surface area (Å²) in [5.41, 5.74) is 3.67. The molecule has 0 spiro atoms. The molecule has 2 heterocycles. The van der Waals surface area contributed by atoms with Crippen LogP contribution in [0.5, 0.6) is 11.5 Å². The molecule has 0 bridgehead atoms. The van der Waals surface area contributed by atoms with Gasteiger partial charge in [0.1, 0.15) is 17.2 Å². The number of benzene rings is 2. The Bertz CT molecular complexity index is 1060. The second-order valence-electron chi connectivity index (χ2n) is 7.21. The van der Waals surface area contributed by atoms with E-state index in [-0.39, 0.29) is 5.91 Å². The normalized spacial score (nSPS) is 13.7. The van der Waals surface area contributed by atoms with Gasteiger partial charge in [-0.3, -0.25) is 9.48 Å². The number of methoxy groups -OCH3 is 2. The summed E-state index contributed by atoms with van der Waals surface area (Å²) in [5, 5.41) is 7.45. The third kappa shape index (κ3) is 4.49. The Hall–Kier alpha value is -3.52. The first-order valence-electron chi connectivity index (χ1n) is 10.1. The lowest BCUT2D eigenvalue weighted by Gasteiger charge is -2.28. The van der Waals surface area contributed by atoms with Gasteiger partial charge in [-0.1, -0.05) is 0 Å². The van der Waals surface area contributed by atoms with E-state index in [4.69, 9.17) is 14.2 Å². The number of aromatic nitrogens is 2. The lowest BCUT2D eigenvalue weighted by Crippen LogP contribution is -2.36. The molecule has 0 unspecified atom stereocenters. The summed E-state index contributed by atoms with van der Waals surface area (Å²) < 4.78 is 17.7. The van der Waals surface area contributed by atoms with Crippen LogP contribution in [0.1, 0.15) is 10.5 Å². The van der Waals surface area contributed by atoms with E-state index in [1.165, 1.54) is 0 Å². The van der Waals surface area contributed by atoms with E-state index in [0.717, 1.165) is 43.2 Å². The summed E-state index contributed by atoms with van der Waals surface area (Å²) in [5.74, 6) is 1.11. The molecule has 1 aliphatic heterocycles. The Kier molecular flexibility index (Phi) is 6.08. The van der Waals surface area contributed by atoms with Crippen LogP contribution in [0, 0.1) is 0 Å². The van der Waals surface area contributed by atoms with Crippen molar-refractivity contribution in [1.82, 2.24) is 9.78 Å². The van der Waals surface area contributed by atoms with Crippen LogP contribution in [0.2, 0.25) is 0 Å². The molecule has 31 heavy (non-hydrogen) atoms. The Balaban J connectivity index is 1.52. The monoisotopic (exact) mass is 422 g/mol. The zero-order valence-electron chi connectivity index (χ0n) is 17.9. The maximum Gasteiger partial charge on any atom is 0.273 e. The van der Waals surface area contributed by atoms with Crippen molar-refractivity contribution in [2.45, 2.75) is 0 Å². The Morgan fingerprint density at radius 1 is 1.03 bits per heavy atom. The molecule has 1 aliphatic rings. The minimum absolute atomic E-state index is 0.234. The fourth-order valence-corrected chi connectivity index (χ4v) is 3.60. The van der Waals surface area contributed by atoms with Crippen LogP contribution in [0.15, 0.2) is 48.5 Å². The summed E-state index contributed by atoms with van der Waals surface area (Å²) in [4.78, 5) is 15.2. The molecule has 1 N–H and O–H groups in total. The molecule has 0 aliphatic carbocycles. The first-order chi connectivity index (χ1) is 15.1. The van der Waals surface area contributed by atoms with Crippen molar-refractivity contribution in [3.05, 3.63) is 54.2 Å². The molecule has 4 rings (SSSR count). The Morgan fingerprint density at radius 3 is 2.45 bits per heavy atom. The lowest BCUT2D eigenvalue weighted by atomic mass is 10.1. The topological polar surface area (TPSA) is 77.9 Å². The fraction of sp³-hybridized carbons (Fsp3) is 0.304. The maximum atomic E-state index is 12.9. The van der Waals surface area contributed by atoms with E-state index < -0.39 is 0 Å². The molecule has 162 valence electrons. The zero-order chi connectivity index (χ0) is 21.8. The highest BCUT2D eigenvalue weighted by atomic mass is 16.5. The molecule has 0 radical (unpaired) electrons. The van der Waals surface area contributed by atoms with E-state index in [1.807, 2.05) is 42.5 Å². The number of anilines is 2. The van der Waals surface area contributed by atoms with Crippen molar-refractivity contribution in [3.63, 3.8) is 0 Å². The average Bonchev–Trinajstić information content (AvgIpc) is 3.21. The van der Waals surface area contributed by atoms with Crippen LogP contribution in [-0.4, -0.2) is 56.2 Å². The van der Waals surface area contributed by atoms with Gasteiger partial charge in [-0.15, -0.1) is 0 Å². The molecule has 8 heteroatoms. The van der Waals surface area contributed by atoms with E-state index in [1.54, 1.807) is 32.0 Å². The molecule has 1 saturated heterocycles. The minimum atomic E-state index is -0.234. The van der Waals surface area contributed by atoms with Crippen molar-refractivity contribution in [2.24, 2.45) is 7.05 Å². The predicted octanol–water partition coefficient (Wildman–Crippen LogP) is 3.19. The van der Waals surface area contributed by atoms with Crippen molar-refractivity contribution in [1.29, 1.82) is 0 Å². The number of nitrogens with one attached hydrogen (secondary N) is 1. The van der Waals surface area contributed by atoms with Crippen molar-refractivity contribution >= 4 is 17.3 Å². The van der Waals surface area contributed by atoms with Crippen molar-refractivity contribution < 1.29 is 19.0 Å². The van der Waals surface area contributed by atoms with Gasteiger partial charge in [0, 0.05) is 37.1 Å². The van der Waals surface area contributed by atoms with Gasteiger partial charge in [0.2, 0.25) is 0 Å². The van der Waals surface area contributed by atoms with Gasteiger partial charge in [-0.25, -0.2) is 0 Å². The van der Waals surface area contributed by atoms with Crippen LogP contribution in [0.25, 0.3) is 11.3 Å². The van der Waals surface area contributed by atoms with Crippen LogP contribution >= 0.6 is 0 Å². The highest BCUT2D eigenvalue weighted by molar-refractivity contribution is 6.03. The molecule has 8 nitrogen and oxygen atoms in total. The number of carbonyl (C=O) groups excluding carboxylic acids is 1. The number of nitrogens with zero attached hydrogens (tertiary/aromatic N) is 3. The van der Waals surface area contributed by atoms with Gasteiger partial charge < -0.3 is 24.4 Å². The third-order valence-electron chi connectivity index (χ3n) is 5.30. The average molecular weight is 422 g/mol. The second-order valence-corrected chi connectivity index (χ2v) is 7.21. The highest BCUT2D eigenvalue weighted by Crippen LogP contribution is 2.33. The van der Waals surface area contributed by atoms with E-state index >= 15 is 0 Å². The summed E-state index contributed by atoms with van der Waals surface area (Å²) in [7, 11) is 4.95. The fourth-order valence-electron chi connectivity index (χ4n) is 3.60. The maximum absolute atomic E-state index is 12.9. The molecular weight excluding hydrogens is 396 g/mol. The smallest absolute Gasteiger partial charge is 0.273 e. The molecule has 0 atom stereocenters. The molecule has 0 saturated carbocycles. The number of amides is 1. The number of hydrogen-bond acceptors (Lipinski definition) is 6. The summed E-state index contributed by atoms with van der Waals surface area (Å²) in [6.07, 6.45) is 0. The van der Waals surface area contributed by atoms with E-state index in [0.29, 0.717) is 22.9 Å². The first-order valence-corrected chi connectivity index (χ1v) is 10.1. The molecule has 1 aromatic heterocycles. The van der Waals surface area contributed by atoms with Crippen LogP contribution in [0.3, 0.4) is 0 Å². The zero-order valence-corrected chi connectivity index (χ0v) is 17.9. The van der Waals surface area contributed by atoms with Crippen LogP contribution < -0.4 is 19.7 Å². The highest BCUT2D eigenvalue weighted by Gasteiger charge is 2.18. The number of hydrogen-bond donors (Lipinski definition) is 1. The van der Waals surface area contributed by atoms with Crippen LogP contribution in [0.4, 0.5) is 11.4 Å². The molecule has 1 fully saturated rings. The summed E-state index contributed by atoms with van der Waals surface area (Å²) >= 11 is 0. The number of morpholine rings is 1. The van der Waals surface area contributed by atoms with Gasteiger partial charge in [0.15, 0.2) is 0 Å². The van der Waals surface area contributed by atoms with Gasteiger partial charge in [-0.05, 0) is 48.5 Å². The SMILES string of the molecule is COc1ccc(OC)c(-c2cc(C(=O)Nc3ccc(N4CCOCC4)cc3)n(C)n2)c1. The number of aryl methyl sites for hydroxylation is 1. The molecule has 1 amide bonds. The Labute approximate surface area is 181 Å². The largest absolute Gasteiger partial charge is 0.497 e. The Morgan fingerprint density at radius 2 is 1.77 bits per heavy atom. The molecular formula is C23H26N4O4. The number of ether oxygens (including phenoxy) is 3. The lowest BCUT2D eigenvalue weighted by molar-refractivity contribution is 0.101.